The largest absolute Gasteiger partial charge is 0.391 e. The van der Waals surface area contributed by atoms with Gasteiger partial charge >= 0.3 is 0 Å². The van der Waals surface area contributed by atoms with E-state index in [0.717, 1.165) is 13.0 Å². The number of rotatable bonds is 4. The molecule has 1 aliphatic rings. The predicted octanol–water partition coefficient (Wildman–Crippen LogP) is -0.158. The van der Waals surface area contributed by atoms with E-state index >= 15 is 0 Å². The molecule has 0 amide bonds. The maximum atomic E-state index is 11.7. The fourth-order valence-corrected chi connectivity index (χ4v) is 2.04. The molecule has 0 radical (unpaired) electrons. The molecule has 0 spiro atoms. The minimum absolute atomic E-state index is 0.209. The van der Waals surface area contributed by atoms with E-state index in [1.807, 2.05) is 11.8 Å². The van der Waals surface area contributed by atoms with Gasteiger partial charge < -0.3 is 15.3 Å². The van der Waals surface area contributed by atoms with E-state index in [1.54, 1.807) is 13.8 Å². The molecule has 19 heavy (non-hydrogen) atoms. The molecule has 0 aromatic rings. The van der Waals surface area contributed by atoms with Crippen LogP contribution in [0.25, 0.3) is 0 Å². The molecular weight excluding hydrogens is 266 g/mol. The van der Waals surface area contributed by atoms with E-state index in [1.165, 1.54) is 6.26 Å². The lowest BCUT2D eigenvalue weighted by molar-refractivity contribution is 0.188. The number of aliphatic hydroxyl groups is 1. The van der Waals surface area contributed by atoms with Crippen LogP contribution < -0.4 is 5.32 Å². The number of aliphatic hydroxyl groups excluding tert-OH is 1. The average molecular weight is 291 g/mol. The van der Waals surface area contributed by atoms with Gasteiger partial charge in [0.15, 0.2) is 15.8 Å². The number of hydrogen-bond donors (Lipinski definition) is 2. The van der Waals surface area contributed by atoms with Gasteiger partial charge in [0, 0.05) is 25.9 Å². The van der Waals surface area contributed by atoms with E-state index < -0.39 is 14.6 Å². The van der Waals surface area contributed by atoms with Crippen molar-refractivity contribution in [1.82, 2.24) is 10.2 Å². The molecule has 0 saturated carbocycles. The van der Waals surface area contributed by atoms with Crippen LogP contribution >= 0.6 is 0 Å². The molecule has 1 rings (SSSR count). The molecule has 1 fully saturated rings. The number of aliphatic imine (C=N–C) groups is 1. The number of β-amino-alcohol motifs (C(OH)–C–C–N with tert-alkyl or cyclic N) is 1. The number of nitrogens with zero attached hydrogens (tertiary/aromatic N) is 2. The summed E-state index contributed by atoms with van der Waals surface area (Å²) < 4.78 is 22.4. The molecular formula is C12H25N3O3S. The number of hydrogen-bond acceptors (Lipinski definition) is 4. The third-order valence-corrected chi connectivity index (χ3v) is 5.55. The molecule has 1 atom stereocenters. The first-order chi connectivity index (χ1) is 8.67. The van der Waals surface area contributed by atoms with Gasteiger partial charge in [-0.15, -0.1) is 0 Å². The third-order valence-electron chi connectivity index (χ3n) is 3.41. The van der Waals surface area contributed by atoms with Gasteiger partial charge in [-0.1, -0.05) is 0 Å². The Morgan fingerprint density at radius 3 is 2.58 bits per heavy atom. The van der Waals surface area contributed by atoms with Crippen LogP contribution in [0.5, 0.6) is 0 Å². The second kappa shape index (κ2) is 6.09. The lowest BCUT2D eigenvalue weighted by Crippen LogP contribution is -2.42. The van der Waals surface area contributed by atoms with Gasteiger partial charge in [0.25, 0.3) is 0 Å². The van der Waals surface area contributed by atoms with Crippen molar-refractivity contribution in [1.29, 1.82) is 0 Å². The fraction of sp³-hybridized carbons (Fsp3) is 0.917. The maximum absolute atomic E-state index is 11.7. The highest BCUT2D eigenvalue weighted by atomic mass is 32.2. The summed E-state index contributed by atoms with van der Waals surface area (Å²) in [7, 11) is -3.15. The van der Waals surface area contributed by atoms with Gasteiger partial charge in [-0.2, -0.15) is 0 Å². The fourth-order valence-electron chi connectivity index (χ4n) is 1.74. The number of nitrogens with one attached hydrogen (secondary N) is 1. The molecule has 6 nitrogen and oxygen atoms in total. The highest BCUT2D eigenvalue weighted by Gasteiger charge is 2.31. The van der Waals surface area contributed by atoms with Crippen molar-refractivity contribution in [2.45, 2.75) is 38.0 Å². The molecule has 1 saturated heterocycles. The van der Waals surface area contributed by atoms with E-state index in [0.29, 0.717) is 19.0 Å². The number of likely N-dealkylation sites (tertiary alicyclic amines) is 1. The highest BCUT2D eigenvalue weighted by molar-refractivity contribution is 7.92. The van der Waals surface area contributed by atoms with Gasteiger partial charge in [-0.3, -0.25) is 4.99 Å². The Bertz CT molecular complexity index is 432. The van der Waals surface area contributed by atoms with Gasteiger partial charge in [-0.05, 0) is 27.2 Å². The Balaban J connectivity index is 2.79. The summed E-state index contributed by atoms with van der Waals surface area (Å²) >= 11 is 0. The number of sulfone groups is 1. The molecule has 7 heteroatoms. The van der Waals surface area contributed by atoms with Crippen LogP contribution in [0.4, 0.5) is 0 Å². The summed E-state index contributed by atoms with van der Waals surface area (Å²) in [5, 5.41) is 12.7. The van der Waals surface area contributed by atoms with Gasteiger partial charge in [-0.25, -0.2) is 8.42 Å². The SMILES string of the molecule is CCNC(=NCC(C)(C)S(C)(=O)=O)N1CC[C@@H](O)C1. The minimum atomic E-state index is -3.15. The van der Waals surface area contributed by atoms with E-state index in [4.69, 9.17) is 0 Å². The second-order valence-corrected chi connectivity index (χ2v) is 8.24. The van der Waals surface area contributed by atoms with Crippen molar-refractivity contribution in [3.63, 3.8) is 0 Å². The third kappa shape index (κ3) is 4.35. The minimum Gasteiger partial charge on any atom is -0.391 e. The van der Waals surface area contributed by atoms with Crippen LogP contribution in [-0.2, 0) is 9.84 Å². The topological polar surface area (TPSA) is 82.0 Å². The zero-order chi connectivity index (χ0) is 14.7. The Hall–Kier alpha value is -0.820. The molecule has 0 bridgehead atoms. The van der Waals surface area contributed by atoms with Crippen molar-refractivity contribution < 1.29 is 13.5 Å². The molecule has 112 valence electrons. The highest BCUT2D eigenvalue weighted by Crippen LogP contribution is 2.16. The smallest absolute Gasteiger partial charge is 0.194 e. The zero-order valence-corrected chi connectivity index (χ0v) is 13.0. The normalized spacial score (nSPS) is 21.8. The Kier molecular flexibility index (Phi) is 5.20. The van der Waals surface area contributed by atoms with Crippen molar-refractivity contribution in [2.24, 2.45) is 4.99 Å². The summed E-state index contributed by atoms with van der Waals surface area (Å²) in [6, 6.07) is 0. The Labute approximate surface area is 115 Å². The molecule has 0 aromatic heterocycles. The van der Waals surface area contributed by atoms with Crippen LogP contribution in [0.2, 0.25) is 0 Å². The lowest BCUT2D eigenvalue weighted by Gasteiger charge is -2.24. The quantitative estimate of drug-likeness (QED) is 0.556. The van der Waals surface area contributed by atoms with Gasteiger partial charge in [0.05, 0.1) is 17.4 Å². The van der Waals surface area contributed by atoms with E-state index in [2.05, 4.69) is 10.3 Å². The van der Waals surface area contributed by atoms with Crippen LogP contribution in [0.1, 0.15) is 27.2 Å². The van der Waals surface area contributed by atoms with Gasteiger partial charge in [0.2, 0.25) is 0 Å². The summed E-state index contributed by atoms with van der Waals surface area (Å²) in [4.78, 5) is 6.37. The van der Waals surface area contributed by atoms with Crippen LogP contribution in [0.15, 0.2) is 4.99 Å². The van der Waals surface area contributed by atoms with Crippen LogP contribution in [0, 0.1) is 0 Å². The Morgan fingerprint density at radius 2 is 2.16 bits per heavy atom. The van der Waals surface area contributed by atoms with Crippen molar-refractivity contribution in [3.05, 3.63) is 0 Å². The van der Waals surface area contributed by atoms with Crippen LogP contribution in [0.3, 0.4) is 0 Å². The summed E-state index contributed by atoms with van der Waals surface area (Å²) in [6.45, 7) is 7.52. The second-order valence-electron chi connectivity index (χ2n) is 5.59. The van der Waals surface area contributed by atoms with E-state index in [9.17, 15) is 13.5 Å². The first kappa shape index (κ1) is 16.2. The molecule has 1 heterocycles. The molecule has 0 unspecified atom stereocenters. The maximum Gasteiger partial charge on any atom is 0.194 e. The summed E-state index contributed by atoms with van der Waals surface area (Å²) in [6.07, 6.45) is 1.63. The average Bonchev–Trinajstić information content (AvgIpc) is 2.69. The monoisotopic (exact) mass is 291 g/mol. The van der Waals surface area contributed by atoms with Crippen molar-refractivity contribution in [2.75, 3.05) is 32.4 Å². The van der Waals surface area contributed by atoms with E-state index in [-0.39, 0.29) is 12.6 Å². The van der Waals surface area contributed by atoms with Crippen molar-refractivity contribution in [3.8, 4) is 0 Å². The first-order valence-corrected chi connectivity index (χ1v) is 8.47. The number of guanidine groups is 1. The standard InChI is InChI=1S/C12H25N3O3S/c1-5-13-11(15-7-6-10(16)8-15)14-9-12(2,3)19(4,17)18/h10,16H,5-9H2,1-4H3,(H,13,14)/t10-/m1/s1. The Morgan fingerprint density at radius 1 is 1.53 bits per heavy atom. The molecule has 1 aliphatic heterocycles. The predicted molar refractivity (Wildman–Crippen MR) is 77.1 cm³/mol. The summed E-state index contributed by atoms with van der Waals surface area (Å²) in [5.74, 6) is 0.677. The first-order valence-electron chi connectivity index (χ1n) is 6.58. The zero-order valence-electron chi connectivity index (χ0n) is 12.2. The molecule has 0 aromatic carbocycles. The molecule has 0 aliphatic carbocycles. The molecule has 2 N–H and O–H groups in total. The lowest BCUT2D eigenvalue weighted by atomic mass is 10.2. The van der Waals surface area contributed by atoms with Crippen molar-refractivity contribution >= 4 is 15.8 Å². The summed E-state index contributed by atoms with van der Waals surface area (Å²) in [5.41, 5.74) is 0. The van der Waals surface area contributed by atoms with Crippen LogP contribution in [-0.4, -0.2) is 67.7 Å². The van der Waals surface area contributed by atoms with Gasteiger partial charge in [0.1, 0.15) is 0 Å².